The number of fused-ring (bicyclic) bond motifs is 1. The molecule has 4 aromatic heterocycles. The maximum Gasteiger partial charge on any atom is 0.328 e. The molecule has 0 aliphatic carbocycles. The van der Waals surface area contributed by atoms with Gasteiger partial charge in [-0.3, -0.25) is 38.7 Å². The van der Waals surface area contributed by atoms with Gasteiger partial charge in [-0.2, -0.15) is 0 Å². The van der Waals surface area contributed by atoms with E-state index >= 15 is 4.39 Å². The second kappa shape index (κ2) is 16.6. The Bertz CT molecular complexity index is 2400. The number of ether oxygens (including phenoxy) is 3. The highest BCUT2D eigenvalue weighted by Gasteiger charge is 2.33. The van der Waals surface area contributed by atoms with Gasteiger partial charge in [0.15, 0.2) is 0 Å². The van der Waals surface area contributed by atoms with Crippen molar-refractivity contribution in [3.63, 3.8) is 0 Å². The van der Waals surface area contributed by atoms with Crippen molar-refractivity contribution in [2.24, 2.45) is 7.05 Å². The van der Waals surface area contributed by atoms with E-state index in [4.69, 9.17) is 14.2 Å². The minimum absolute atomic E-state index is 0.0337. The number of hydrogen-bond donors (Lipinski definition) is 1. The van der Waals surface area contributed by atoms with Crippen LogP contribution in [0.25, 0.3) is 21.9 Å². The third-order valence-electron chi connectivity index (χ3n) is 10.7. The molecular formula is C40H46FN7O7. The molecule has 290 valence electrons. The Morgan fingerprint density at radius 1 is 0.818 bits per heavy atom. The average Bonchev–Trinajstić information content (AvgIpc) is 3.19. The van der Waals surface area contributed by atoms with E-state index in [1.165, 1.54) is 16.8 Å². The summed E-state index contributed by atoms with van der Waals surface area (Å²) < 4.78 is 38.0. The summed E-state index contributed by atoms with van der Waals surface area (Å²) in [6, 6.07) is 10.4. The average molecular weight is 756 g/mol. The van der Waals surface area contributed by atoms with E-state index in [1.54, 1.807) is 61.1 Å². The molecule has 0 bridgehead atoms. The quantitative estimate of drug-likeness (QED) is 0.202. The van der Waals surface area contributed by atoms with Gasteiger partial charge in [0.1, 0.15) is 17.7 Å². The number of piperidine rings is 2. The second-order valence-electron chi connectivity index (χ2n) is 14.3. The molecule has 2 fully saturated rings. The van der Waals surface area contributed by atoms with Gasteiger partial charge in [-0.05, 0) is 48.9 Å². The van der Waals surface area contributed by atoms with Crippen molar-refractivity contribution >= 4 is 10.8 Å². The molecule has 0 spiro atoms. The Labute approximate surface area is 316 Å². The normalized spacial score (nSPS) is 18.5. The minimum Gasteiger partial charge on any atom is -0.496 e. The highest BCUT2D eigenvalue weighted by Crippen LogP contribution is 2.39. The number of methoxy groups -OCH3 is 2. The van der Waals surface area contributed by atoms with Gasteiger partial charge in [-0.25, -0.2) is 9.18 Å². The molecule has 2 saturated heterocycles. The minimum atomic E-state index is -1.14. The van der Waals surface area contributed by atoms with Crippen molar-refractivity contribution in [3.8, 4) is 22.6 Å². The number of aromatic amines is 1. The number of nitrogens with one attached hydrogen (secondary N) is 1. The van der Waals surface area contributed by atoms with Gasteiger partial charge in [0.05, 0.1) is 38.4 Å². The Hall–Kier alpha value is -5.38. The summed E-state index contributed by atoms with van der Waals surface area (Å²) in [5, 5.41) is 1.31. The first-order valence-electron chi connectivity index (χ1n) is 18.5. The van der Waals surface area contributed by atoms with Crippen LogP contribution in [0, 0.1) is 0 Å². The first kappa shape index (κ1) is 37.9. The Kier molecular flexibility index (Phi) is 11.4. The SMILES string of the molecule is COc1cc(-c2cn(C)c(=O)c3cnccc23)c(OC)cc1CN1CCC(O[C@@H]2CCN(CCn3cccc(Cn4ccc(=O)[nH]c4=O)c3=O)C[C@H]2F)CC1. The van der Waals surface area contributed by atoms with E-state index in [0.717, 1.165) is 53.8 Å². The number of benzene rings is 1. The summed E-state index contributed by atoms with van der Waals surface area (Å²) in [5.74, 6) is 1.39. The van der Waals surface area contributed by atoms with Gasteiger partial charge in [-0.1, -0.05) is 6.07 Å². The standard InChI is InChI=1S/C40H46FN7O7/c1-44-24-32(29-6-11-42-21-31(29)39(44)51)30-20-35(53-2)27(19-36(30)54-3)22-45-13-7-28(8-14-45)55-34-9-15-46(25-33(34)41)17-18-47-12-4-5-26(38(47)50)23-48-16-10-37(49)43-40(48)52/h4-6,10-12,16,19-21,24,28,33-34H,7-9,13-15,17-18,22-23,25H2,1-3H3,(H,43,49,52)/t33-,34-/m1/s1. The molecule has 0 amide bonds. The van der Waals surface area contributed by atoms with E-state index in [2.05, 4.69) is 14.9 Å². The lowest BCUT2D eigenvalue weighted by Gasteiger charge is -2.38. The monoisotopic (exact) mass is 755 g/mol. The molecule has 0 unspecified atom stereocenters. The van der Waals surface area contributed by atoms with Gasteiger partial charge in [0.2, 0.25) is 0 Å². The smallest absolute Gasteiger partial charge is 0.328 e. The van der Waals surface area contributed by atoms with Crippen molar-refractivity contribution in [1.29, 1.82) is 0 Å². The lowest BCUT2D eigenvalue weighted by molar-refractivity contribution is -0.0992. The number of alkyl halides is 1. The molecule has 14 nitrogen and oxygen atoms in total. The zero-order valence-corrected chi connectivity index (χ0v) is 31.3. The highest BCUT2D eigenvalue weighted by molar-refractivity contribution is 5.97. The van der Waals surface area contributed by atoms with Crippen LogP contribution in [0.4, 0.5) is 4.39 Å². The fourth-order valence-electron chi connectivity index (χ4n) is 7.70. The van der Waals surface area contributed by atoms with Crippen LogP contribution in [-0.4, -0.2) is 98.8 Å². The van der Waals surface area contributed by atoms with Crippen molar-refractivity contribution in [2.45, 2.75) is 57.3 Å². The van der Waals surface area contributed by atoms with Crippen LogP contribution in [0.1, 0.15) is 30.4 Å². The number of hydrogen-bond acceptors (Lipinski definition) is 10. The van der Waals surface area contributed by atoms with Gasteiger partial charge >= 0.3 is 5.69 Å². The number of halogens is 1. The van der Waals surface area contributed by atoms with Crippen molar-refractivity contribution < 1.29 is 18.6 Å². The molecule has 2 aliphatic rings. The maximum absolute atomic E-state index is 15.5. The van der Waals surface area contributed by atoms with E-state index < -0.39 is 23.5 Å². The molecule has 7 rings (SSSR count). The van der Waals surface area contributed by atoms with Crippen LogP contribution in [0.15, 0.2) is 86.6 Å². The number of aromatic nitrogens is 5. The summed E-state index contributed by atoms with van der Waals surface area (Å²) in [6.45, 7) is 4.03. The third-order valence-corrected chi connectivity index (χ3v) is 10.7. The van der Waals surface area contributed by atoms with Crippen LogP contribution < -0.4 is 31.8 Å². The van der Waals surface area contributed by atoms with Gasteiger partial charge in [0, 0.05) is 112 Å². The van der Waals surface area contributed by atoms with Gasteiger partial charge < -0.3 is 23.3 Å². The van der Waals surface area contributed by atoms with Crippen LogP contribution in [-0.2, 0) is 31.4 Å². The zero-order chi connectivity index (χ0) is 38.6. The maximum atomic E-state index is 15.5. The molecule has 1 aromatic carbocycles. The summed E-state index contributed by atoms with van der Waals surface area (Å²) in [4.78, 5) is 60.1. The largest absolute Gasteiger partial charge is 0.496 e. The number of nitrogens with zero attached hydrogens (tertiary/aromatic N) is 6. The first-order valence-corrected chi connectivity index (χ1v) is 18.5. The van der Waals surface area contributed by atoms with Crippen molar-refractivity contribution in [3.05, 3.63) is 120 Å². The van der Waals surface area contributed by atoms with E-state index in [0.29, 0.717) is 49.3 Å². The Morgan fingerprint density at radius 2 is 1.60 bits per heavy atom. The summed E-state index contributed by atoms with van der Waals surface area (Å²) >= 11 is 0. The molecule has 0 radical (unpaired) electrons. The van der Waals surface area contributed by atoms with Crippen molar-refractivity contribution in [1.82, 2.24) is 33.5 Å². The highest BCUT2D eigenvalue weighted by atomic mass is 19.1. The summed E-state index contributed by atoms with van der Waals surface area (Å²) in [7, 11) is 5.01. The van der Waals surface area contributed by atoms with Crippen molar-refractivity contribution in [2.75, 3.05) is 46.9 Å². The van der Waals surface area contributed by atoms with Gasteiger partial charge in [-0.15, -0.1) is 0 Å². The molecule has 55 heavy (non-hydrogen) atoms. The number of rotatable bonds is 12. The van der Waals surface area contributed by atoms with Gasteiger partial charge in [0.25, 0.3) is 16.7 Å². The molecule has 6 heterocycles. The summed E-state index contributed by atoms with van der Waals surface area (Å²) in [6.07, 6.45) is 8.61. The lowest BCUT2D eigenvalue weighted by atomic mass is 9.98. The third kappa shape index (κ3) is 8.33. The molecule has 1 N–H and O–H groups in total. The Morgan fingerprint density at radius 3 is 2.35 bits per heavy atom. The van der Waals surface area contributed by atoms with Crippen LogP contribution in [0.5, 0.6) is 11.5 Å². The first-order chi connectivity index (χ1) is 26.6. The number of pyridine rings is 3. The summed E-state index contributed by atoms with van der Waals surface area (Å²) in [5.41, 5.74) is 1.63. The zero-order valence-electron chi connectivity index (χ0n) is 31.3. The molecule has 15 heteroatoms. The predicted octanol–water partition coefficient (Wildman–Crippen LogP) is 2.77. The molecule has 2 atom stereocenters. The fraction of sp³-hybridized carbons (Fsp3) is 0.425. The van der Waals surface area contributed by atoms with E-state index in [9.17, 15) is 19.2 Å². The number of likely N-dealkylation sites (tertiary alicyclic amines) is 2. The van der Waals surface area contributed by atoms with Crippen LogP contribution in [0.2, 0.25) is 0 Å². The molecule has 0 saturated carbocycles. The van der Waals surface area contributed by atoms with E-state index in [-0.39, 0.29) is 30.3 Å². The lowest BCUT2D eigenvalue weighted by Crippen LogP contribution is -2.49. The van der Waals surface area contributed by atoms with Crippen LogP contribution in [0.3, 0.4) is 0 Å². The molecular weight excluding hydrogens is 709 g/mol. The van der Waals surface area contributed by atoms with E-state index in [1.807, 2.05) is 29.3 Å². The van der Waals surface area contributed by atoms with Crippen LogP contribution >= 0.6 is 0 Å². The number of aryl methyl sites for hydroxylation is 1. The Balaban J connectivity index is 0.916. The topological polar surface area (TPSA) is 146 Å². The number of H-pyrrole nitrogens is 1. The predicted molar refractivity (Wildman–Crippen MR) is 206 cm³/mol. The fourth-order valence-corrected chi connectivity index (χ4v) is 7.70. The second-order valence-corrected chi connectivity index (χ2v) is 14.3. The molecule has 2 aliphatic heterocycles. The molecule has 5 aromatic rings.